The monoisotopic (exact) mass is 862 g/mol. The van der Waals surface area contributed by atoms with Crippen molar-refractivity contribution in [1.29, 1.82) is 0 Å². The average Bonchev–Trinajstić information content (AvgIpc) is 3.26. The third-order valence-corrected chi connectivity index (χ3v) is 12.8. The van der Waals surface area contributed by atoms with Crippen LogP contribution in [0.4, 0.5) is 0 Å². The maximum atomic E-state index is 12.4. The van der Waals surface area contributed by atoms with E-state index in [0.29, 0.717) is 19.4 Å². The highest BCUT2D eigenvalue weighted by Crippen LogP contribution is 2.17. The fourth-order valence-corrected chi connectivity index (χ4v) is 8.58. The van der Waals surface area contributed by atoms with Crippen molar-refractivity contribution < 1.29 is 24.5 Å². The fraction of sp³-hybridized carbons (Fsp3) is 0.927. The zero-order valence-electron chi connectivity index (χ0n) is 41.2. The van der Waals surface area contributed by atoms with Gasteiger partial charge in [-0.25, -0.2) is 0 Å². The molecule has 0 aromatic heterocycles. The van der Waals surface area contributed by atoms with Gasteiger partial charge in [0.05, 0.1) is 25.4 Å². The van der Waals surface area contributed by atoms with E-state index in [0.717, 1.165) is 38.5 Å². The van der Waals surface area contributed by atoms with Crippen molar-refractivity contribution in [1.82, 2.24) is 5.32 Å². The highest BCUT2D eigenvalue weighted by molar-refractivity contribution is 5.76. The number of carbonyl (C=O) groups excluding carboxylic acids is 2. The maximum Gasteiger partial charge on any atom is 0.305 e. The van der Waals surface area contributed by atoms with E-state index in [1.165, 1.54) is 238 Å². The van der Waals surface area contributed by atoms with E-state index >= 15 is 0 Å². The number of carbonyl (C=O) groups is 2. The van der Waals surface area contributed by atoms with Crippen LogP contribution in [-0.2, 0) is 14.3 Å². The lowest BCUT2D eigenvalue weighted by Gasteiger charge is -2.20. The number of allylic oxidation sites excluding steroid dienone is 1. The summed E-state index contributed by atoms with van der Waals surface area (Å²) in [5.74, 6) is -0.0542. The molecule has 1 amide bonds. The smallest absolute Gasteiger partial charge is 0.305 e. The van der Waals surface area contributed by atoms with Crippen molar-refractivity contribution in [3.63, 3.8) is 0 Å². The third-order valence-electron chi connectivity index (χ3n) is 12.8. The van der Waals surface area contributed by atoms with Gasteiger partial charge in [0.15, 0.2) is 0 Å². The van der Waals surface area contributed by atoms with Gasteiger partial charge in [-0.15, -0.1) is 0 Å². The summed E-state index contributed by atoms with van der Waals surface area (Å²) in [5.41, 5.74) is 0. The minimum atomic E-state index is -0.840. The Morgan fingerprint density at radius 1 is 0.443 bits per heavy atom. The number of hydrogen-bond donors (Lipinski definition) is 3. The molecule has 0 fully saturated rings. The van der Waals surface area contributed by atoms with Crippen LogP contribution in [0.2, 0.25) is 0 Å². The van der Waals surface area contributed by atoms with Crippen molar-refractivity contribution in [3.05, 3.63) is 12.2 Å². The van der Waals surface area contributed by atoms with Gasteiger partial charge < -0.3 is 20.3 Å². The van der Waals surface area contributed by atoms with Crippen LogP contribution in [0, 0.1) is 0 Å². The molecule has 0 aromatic rings. The number of hydrogen-bond acceptors (Lipinski definition) is 5. The van der Waals surface area contributed by atoms with Gasteiger partial charge in [-0.2, -0.15) is 0 Å². The van der Waals surface area contributed by atoms with Crippen molar-refractivity contribution in [2.24, 2.45) is 0 Å². The van der Waals surface area contributed by atoms with Crippen LogP contribution in [-0.4, -0.2) is 47.4 Å². The Kier molecular flexibility index (Phi) is 50.1. The molecule has 2 unspecified atom stereocenters. The Morgan fingerprint density at radius 2 is 0.754 bits per heavy atom. The van der Waals surface area contributed by atoms with Crippen LogP contribution >= 0.6 is 0 Å². The molecule has 362 valence electrons. The quantitative estimate of drug-likeness (QED) is 0.0322. The molecule has 6 heteroatoms. The van der Waals surface area contributed by atoms with Crippen LogP contribution < -0.4 is 5.32 Å². The Morgan fingerprint density at radius 3 is 1.11 bits per heavy atom. The molecule has 2 atom stereocenters. The summed E-state index contributed by atoms with van der Waals surface area (Å²) < 4.78 is 5.46. The standard InChI is InChI=1S/C55H107NO5/c1-3-5-7-9-11-13-28-33-37-41-45-49-55(60)61-50-46-42-38-34-30-27-25-23-21-19-17-15-14-16-18-20-22-24-26-29-32-36-40-44-48-54(59)56-52(51-57)53(58)47-43-39-35-31-12-10-8-6-4-2/h43,47,52-53,57-58H,3-42,44-46,48-51H2,1-2H3,(H,56,59)/b47-43+. The summed E-state index contributed by atoms with van der Waals surface area (Å²) >= 11 is 0. The number of aliphatic hydroxyl groups is 2. The summed E-state index contributed by atoms with van der Waals surface area (Å²) in [5, 5.41) is 22.9. The molecule has 0 bridgehead atoms. The van der Waals surface area contributed by atoms with Gasteiger partial charge in [-0.3, -0.25) is 9.59 Å². The van der Waals surface area contributed by atoms with Gasteiger partial charge in [0, 0.05) is 12.8 Å². The van der Waals surface area contributed by atoms with E-state index in [2.05, 4.69) is 19.2 Å². The summed E-state index contributed by atoms with van der Waals surface area (Å²) in [6.07, 6.45) is 59.6. The lowest BCUT2D eigenvalue weighted by molar-refractivity contribution is -0.143. The molecule has 0 heterocycles. The Balaban J connectivity index is 3.34. The topological polar surface area (TPSA) is 95.9 Å². The average molecular weight is 862 g/mol. The van der Waals surface area contributed by atoms with Crippen molar-refractivity contribution in [2.75, 3.05) is 13.2 Å². The number of rotatable bonds is 51. The zero-order valence-corrected chi connectivity index (χ0v) is 41.2. The summed E-state index contributed by atoms with van der Waals surface area (Å²) in [6, 6.07) is -0.623. The van der Waals surface area contributed by atoms with Gasteiger partial charge in [-0.05, 0) is 32.1 Å². The van der Waals surface area contributed by atoms with Gasteiger partial charge in [0.25, 0.3) is 0 Å². The summed E-state index contributed by atoms with van der Waals surface area (Å²) in [4.78, 5) is 24.4. The van der Waals surface area contributed by atoms with Gasteiger partial charge >= 0.3 is 5.97 Å². The second-order valence-electron chi connectivity index (χ2n) is 18.9. The molecule has 0 saturated heterocycles. The molecule has 0 saturated carbocycles. The minimum absolute atomic E-state index is 0.0146. The molecular weight excluding hydrogens is 755 g/mol. The number of amides is 1. The number of unbranched alkanes of at least 4 members (excludes halogenated alkanes) is 40. The summed E-state index contributed by atoms with van der Waals surface area (Å²) in [7, 11) is 0. The van der Waals surface area contributed by atoms with E-state index in [4.69, 9.17) is 4.74 Å². The van der Waals surface area contributed by atoms with Crippen LogP contribution in [0.5, 0.6) is 0 Å². The SMILES string of the molecule is CCCCCCCCC/C=C/C(O)C(CO)NC(=O)CCCCCCCCCCCCCCCCCCCCCCCCCCOC(=O)CCCCCCCCCCCCC. The van der Waals surface area contributed by atoms with Crippen molar-refractivity contribution in [3.8, 4) is 0 Å². The lowest BCUT2D eigenvalue weighted by atomic mass is 10.0. The third kappa shape index (κ3) is 47.9. The Labute approximate surface area is 380 Å². The van der Waals surface area contributed by atoms with E-state index in [-0.39, 0.29) is 18.5 Å². The normalized spacial score (nSPS) is 12.7. The molecule has 0 aliphatic carbocycles. The molecule has 0 radical (unpaired) electrons. The highest BCUT2D eigenvalue weighted by Gasteiger charge is 2.18. The van der Waals surface area contributed by atoms with Gasteiger partial charge in [0.1, 0.15) is 0 Å². The first-order valence-corrected chi connectivity index (χ1v) is 27.5. The molecule has 0 aromatic carbocycles. The van der Waals surface area contributed by atoms with Crippen molar-refractivity contribution in [2.45, 2.75) is 315 Å². The largest absolute Gasteiger partial charge is 0.466 e. The number of ether oxygens (including phenoxy) is 1. The molecular formula is C55H107NO5. The second-order valence-corrected chi connectivity index (χ2v) is 18.9. The first-order valence-electron chi connectivity index (χ1n) is 27.5. The fourth-order valence-electron chi connectivity index (χ4n) is 8.58. The summed E-state index contributed by atoms with van der Waals surface area (Å²) in [6.45, 7) is 4.88. The van der Waals surface area contributed by atoms with Gasteiger partial charge in [0.2, 0.25) is 5.91 Å². The number of aliphatic hydroxyl groups excluding tert-OH is 2. The molecule has 0 rings (SSSR count). The predicted octanol–water partition coefficient (Wildman–Crippen LogP) is 16.5. The van der Waals surface area contributed by atoms with Crippen LogP contribution in [0.15, 0.2) is 12.2 Å². The number of esters is 1. The van der Waals surface area contributed by atoms with Crippen LogP contribution in [0.1, 0.15) is 303 Å². The Hall–Kier alpha value is -1.40. The zero-order chi connectivity index (χ0) is 44.4. The molecule has 0 spiro atoms. The molecule has 6 nitrogen and oxygen atoms in total. The molecule has 0 aliphatic rings. The van der Waals surface area contributed by atoms with E-state index in [1.807, 2.05) is 6.08 Å². The minimum Gasteiger partial charge on any atom is -0.466 e. The van der Waals surface area contributed by atoms with Crippen LogP contribution in [0.3, 0.4) is 0 Å². The van der Waals surface area contributed by atoms with Gasteiger partial charge in [-0.1, -0.05) is 270 Å². The molecule has 3 N–H and O–H groups in total. The van der Waals surface area contributed by atoms with E-state index < -0.39 is 12.1 Å². The highest BCUT2D eigenvalue weighted by atomic mass is 16.5. The first-order chi connectivity index (χ1) is 30.0. The maximum absolute atomic E-state index is 12.4. The van der Waals surface area contributed by atoms with E-state index in [1.54, 1.807) is 6.08 Å². The Bertz CT molecular complexity index is 909. The molecule has 0 aliphatic heterocycles. The van der Waals surface area contributed by atoms with E-state index in [9.17, 15) is 19.8 Å². The number of nitrogens with one attached hydrogen (secondary N) is 1. The molecule has 61 heavy (non-hydrogen) atoms. The predicted molar refractivity (Wildman–Crippen MR) is 264 cm³/mol. The lowest BCUT2D eigenvalue weighted by Crippen LogP contribution is -2.45. The van der Waals surface area contributed by atoms with Crippen molar-refractivity contribution >= 4 is 11.9 Å². The van der Waals surface area contributed by atoms with Crippen LogP contribution in [0.25, 0.3) is 0 Å². The second kappa shape index (κ2) is 51.2. The first kappa shape index (κ1) is 59.6.